The van der Waals surface area contributed by atoms with E-state index in [1.165, 1.54) is 24.3 Å². The van der Waals surface area contributed by atoms with Crippen LogP contribution < -0.4 is 20.5 Å². The van der Waals surface area contributed by atoms with Gasteiger partial charge in [0.15, 0.2) is 17.8 Å². The third-order valence-corrected chi connectivity index (χ3v) is 8.28. The van der Waals surface area contributed by atoms with E-state index < -0.39 is 59.8 Å². The molecule has 1 aliphatic heterocycles. The van der Waals surface area contributed by atoms with Gasteiger partial charge in [0.25, 0.3) is 11.8 Å². The van der Waals surface area contributed by atoms with Crippen LogP contribution in [0.4, 0.5) is 0 Å². The molecule has 15 nitrogen and oxygen atoms in total. The van der Waals surface area contributed by atoms with Gasteiger partial charge in [-0.3, -0.25) is 24.1 Å². The molecule has 5 N–H and O–H groups in total. The minimum Gasteiger partial charge on any atom is -0.494 e. The maximum atomic E-state index is 13.8. The maximum Gasteiger partial charge on any atom is 0.334 e. The number of benzene rings is 4. The van der Waals surface area contributed by atoms with Crippen LogP contribution in [0, 0.1) is 0 Å². The lowest BCUT2D eigenvalue weighted by Crippen LogP contribution is -2.73. The van der Waals surface area contributed by atoms with Crippen molar-refractivity contribution < 1.29 is 53.2 Å². The molecule has 1 fully saturated rings. The number of rotatable bonds is 17. The van der Waals surface area contributed by atoms with E-state index in [1.54, 1.807) is 48.5 Å². The number of aliphatic carboxylic acids is 1. The van der Waals surface area contributed by atoms with E-state index in [4.69, 9.17) is 29.8 Å². The molecule has 4 atom stereocenters. The van der Waals surface area contributed by atoms with Crippen molar-refractivity contribution in [1.82, 2.24) is 10.2 Å². The number of oxime groups is 1. The summed E-state index contributed by atoms with van der Waals surface area (Å²) >= 11 is 0. The lowest BCUT2D eigenvalue weighted by atomic mass is 9.95. The molecule has 0 bridgehead atoms. The molecule has 1 aliphatic rings. The minimum absolute atomic E-state index is 0.0129. The Balaban J connectivity index is 1.33. The molecule has 2 amide bonds. The second-order valence-corrected chi connectivity index (χ2v) is 12.1. The number of hydrogen-bond acceptors (Lipinski definition) is 12. The molecular formula is C39H38N4O11. The van der Waals surface area contributed by atoms with Crippen molar-refractivity contribution in [1.29, 1.82) is 0 Å². The van der Waals surface area contributed by atoms with Crippen molar-refractivity contribution in [3.05, 3.63) is 131 Å². The quantitative estimate of drug-likeness (QED) is 0.0404. The van der Waals surface area contributed by atoms with Crippen LogP contribution in [0.1, 0.15) is 41.6 Å². The summed E-state index contributed by atoms with van der Waals surface area (Å²) in [6.07, 6.45) is -1.39. The van der Waals surface area contributed by atoms with Gasteiger partial charge >= 0.3 is 17.9 Å². The van der Waals surface area contributed by atoms with Crippen LogP contribution in [0.25, 0.3) is 0 Å². The number of likely N-dealkylation sites (tertiary alicyclic amines) is 1. The molecule has 15 heteroatoms. The molecular weight excluding hydrogens is 700 g/mol. The number of amides is 2. The monoisotopic (exact) mass is 738 g/mol. The molecule has 2 unspecified atom stereocenters. The first-order chi connectivity index (χ1) is 26.0. The summed E-state index contributed by atoms with van der Waals surface area (Å²) < 4.78 is 22.5. The smallest absolute Gasteiger partial charge is 0.334 e. The summed E-state index contributed by atoms with van der Waals surface area (Å²) in [5.74, 6) is -3.72. The zero-order chi connectivity index (χ0) is 38.6. The van der Waals surface area contributed by atoms with Gasteiger partial charge in [-0.1, -0.05) is 78.0 Å². The van der Waals surface area contributed by atoms with Crippen molar-refractivity contribution in [3.8, 4) is 11.5 Å². The first kappa shape index (κ1) is 38.5. The van der Waals surface area contributed by atoms with Gasteiger partial charge in [0.2, 0.25) is 6.23 Å². The van der Waals surface area contributed by atoms with Crippen LogP contribution >= 0.6 is 0 Å². The summed E-state index contributed by atoms with van der Waals surface area (Å²) in [6, 6.07) is 26.6. The molecule has 1 saturated heterocycles. The predicted molar refractivity (Wildman–Crippen MR) is 191 cm³/mol. The fourth-order valence-corrected chi connectivity index (χ4v) is 5.47. The van der Waals surface area contributed by atoms with Gasteiger partial charge in [-0.2, -0.15) is 0 Å². The van der Waals surface area contributed by atoms with Gasteiger partial charge in [0.05, 0.1) is 6.61 Å². The molecule has 0 radical (unpaired) electrons. The van der Waals surface area contributed by atoms with Crippen LogP contribution in [0.5, 0.6) is 11.5 Å². The minimum atomic E-state index is -1.46. The highest BCUT2D eigenvalue weighted by Gasteiger charge is 2.56. The van der Waals surface area contributed by atoms with Crippen molar-refractivity contribution in [3.63, 3.8) is 0 Å². The zero-order valence-electron chi connectivity index (χ0n) is 29.1. The second kappa shape index (κ2) is 18.1. The zero-order valence-corrected chi connectivity index (χ0v) is 29.1. The van der Waals surface area contributed by atoms with Crippen molar-refractivity contribution in [2.24, 2.45) is 10.9 Å². The van der Waals surface area contributed by atoms with Crippen molar-refractivity contribution >= 4 is 35.4 Å². The average molecular weight is 739 g/mol. The van der Waals surface area contributed by atoms with E-state index in [-0.39, 0.29) is 25.2 Å². The topological polar surface area (TPSA) is 216 Å². The lowest BCUT2D eigenvalue weighted by molar-refractivity contribution is -0.202. The highest BCUT2D eigenvalue weighted by molar-refractivity contribution is 6.45. The predicted octanol–water partition coefficient (Wildman–Crippen LogP) is 3.33. The Labute approximate surface area is 309 Å². The summed E-state index contributed by atoms with van der Waals surface area (Å²) in [4.78, 5) is 65.2. The highest BCUT2D eigenvalue weighted by Crippen LogP contribution is 2.35. The van der Waals surface area contributed by atoms with Crippen molar-refractivity contribution in [2.45, 2.75) is 50.9 Å². The van der Waals surface area contributed by atoms with Gasteiger partial charge in [-0.15, -0.1) is 0 Å². The Morgan fingerprint density at radius 3 is 1.98 bits per heavy atom. The standard InChI is InChI=1S/C39H38N4O11/c1-24(44)54-37-33(41-35(45)32(42-50)27-12-16-29(17-13-27)51-21-20-31(40)38(47)48)36(46)43(37)34(39(49)53-23-26-10-6-3-7-11-26)28-14-18-30(19-15-28)52-22-25-8-4-2-5-9-25/h2-19,31,33-34,37,50H,20-23,40H2,1H3,(H,41,45)(H,47,48)/b42-32-/t31?,33-,34?,37+/m1/s1. The van der Waals surface area contributed by atoms with E-state index in [1.807, 2.05) is 36.4 Å². The third kappa shape index (κ3) is 9.77. The number of β-lactam (4-membered cyclic amide) rings is 1. The number of carbonyl (C=O) groups excluding carboxylic acids is 4. The van der Waals surface area contributed by atoms with Crippen LogP contribution in [-0.4, -0.2) is 75.6 Å². The molecule has 54 heavy (non-hydrogen) atoms. The number of nitrogens with one attached hydrogen (secondary N) is 1. The molecule has 0 aliphatic carbocycles. The molecule has 4 aromatic carbocycles. The SMILES string of the molecule is CC(=O)O[C@H]1[C@H](NC(=O)/C(=N\O)c2ccc(OCCC(N)C(=O)O)cc2)C(=O)N1C(C(=O)OCc1ccccc1)c1ccc(OCc2ccccc2)cc1. The van der Waals surface area contributed by atoms with Crippen LogP contribution in [0.2, 0.25) is 0 Å². The first-order valence-electron chi connectivity index (χ1n) is 16.8. The van der Waals surface area contributed by atoms with Crippen LogP contribution in [-0.2, 0) is 46.7 Å². The summed E-state index contributed by atoms with van der Waals surface area (Å²) in [7, 11) is 0. The maximum absolute atomic E-state index is 13.8. The molecule has 0 spiro atoms. The van der Waals surface area contributed by atoms with Crippen molar-refractivity contribution in [2.75, 3.05) is 6.61 Å². The van der Waals surface area contributed by atoms with E-state index >= 15 is 0 Å². The Morgan fingerprint density at radius 1 is 0.833 bits per heavy atom. The number of hydrogen-bond donors (Lipinski definition) is 4. The Morgan fingerprint density at radius 2 is 1.41 bits per heavy atom. The summed E-state index contributed by atoms with van der Waals surface area (Å²) in [6.45, 7) is 1.31. The van der Waals surface area contributed by atoms with E-state index in [2.05, 4.69) is 10.5 Å². The summed E-state index contributed by atoms with van der Waals surface area (Å²) in [5.41, 5.74) is 7.10. The molecule has 1 heterocycles. The number of nitrogens with two attached hydrogens (primary N) is 1. The Hall–Kier alpha value is -6.74. The molecule has 280 valence electrons. The fourth-order valence-electron chi connectivity index (χ4n) is 5.47. The lowest BCUT2D eigenvalue weighted by Gasteiger charge is -2.48. The van der Waals surface area contributed by atoms with E-state index in [0.29, 0.717) is 29.2 Å². The highest BCUT2D eigenvalue weighted by atomic mass is 16.6. The van der Waals surface area contributed by atoms with Gasteiger partial charge in [0.1, 0.15) is 30.8 Å². The van der Waals surface area contributed by atoms with Gasteiger partial charge in [-0.25, -0.2) is 4.79 Å². The number of esters is 2. The van der Waals surface area contributed by atoms with Crippen LogP contribution in [0.3, 0.4) is 0 Å². The third-order valence-electron chi connectivity index (χ3n) is 8.28. The second-order valence-electron chi connectivity index (χ2n) is 12.1. The number of nitrogens with zero attached hydrogens (tertiary/aromatic N) is 2. The largest absolute Gasteiger partial charge is 0.494 e. The summed E-state index contributed by atoms with van der Waals surface area (Å²) in [5, 5.41) is 24.2. The van der Waals surface area contributed by atoms with Crippen LogP contribution in [0.15, 0.2) is 114 Å². The average Bonchev–Trinajstić information content (AvgIpc) is 3.18. The number of carboxylic acids is 1. The first-order valence-corrected chi connectivity index (χ1v) is 16.8. The molecule has 5 rings (SSSR count). The number of ether oxygens (including phenoxy) is 4. The van der Waals surface area contributed by atoms with Gasteiger partial charge < -0.3 is 40.3 Å². The number of carbonyl (C=O) groups is 5. The normalized spacial score (nSPS) is 16.3. The molecule has 0 aromatic heterocycles. The molecule has 4 aromatic rings. The number of carboxylic acid groups (broad SMARTS) is 1. The molecule has 0 saturated carbocycles. The Kier molecular flexibility index (Phi) is 12.9. The Bertz CT molecular complexity index is 1960. The fraction of sp³-hybridized carbons (Fsp3) is 0.231. The van der Waals surface area contributed by atoms with Gasteiger partial charge in [0, 0.05) is 18.9 Å². The van der Waals surface area contributed by atoms with Gasteiger partial charge in [-0.05, 0) is 53.1 Å². The van der Waals surface area contributed by atoms with E-state index in [0.717, 1.165) is 17.4 Å². The van der Waals surface area contributed by atoms with E-state index in [9.17, 15) is 29.2 Å².